The molecule has 0 aliphatic carbocycles. The molecule has 0 saturated heterocycles. The maximum atomic E-state index is 13.1. The first kappa shape index (κ1) is 12.0. The summed E-state index contributed by atoms with van der Waals surface area (Å²) in [5, 5.41) is 7.22. The molecule has 0 saturated carbocycles. The van der Waals surface area contributed by atoms with Gasteiger partial charge in [-0.2, -0.15) is 4.98 Å². The van der Waals surface area contributed by atoms with E-state index in [1.165, 1.54) is 12.1 Å². The minimum absolute atomic E-state index is 0.0207. The molecule has 88 valence electrons. The SMILES string of the molecule is CN(c1cccc(F)c1)c1nc(Cl)nnc1Cl. The number of anilines is 2. The third kappa shape index (κ3) is 2.62. The average Bonchev–Trinajstić information content (AvgIpc) is 2.31. The van der Waals surface area contributed by atoms with Gasteiger partial charge in [0.05, 0.1) is 0 Å². The van der Waals surface area contributed by atoms with Gasteiger partial charge in [0.25, 0.3) is 0 Å². The Balaban J connectivity index is 2.43. The van der Waals surface area contributed by atoms with Crippen molar-refractivity contribution in [2.75, 3.05) is 11.9 Å². The van der Waals surface area contributed by atoms with Gasteiger partial charge in [-0.25, -0.2) is 4.39 Å². The van der Waals surface area contributed by atoms with Crippen LogP contribution < -0.4 is 4.90 Å². The fourth-order valence-electron chi connectivity index (χ4n) is 1.31. The van der Waals surface area contributed by atoms with Crippen molar-refractivity contribution >= 4 is 34.7 Å². The Morgan fingerprint density at radius 1 is 1.24 bits per heavy atom. The highest BCUT2D eigenvalue weighted by Crippen LogP contribution is 2.27. The molecule has 1 aromatic heterocycles. The lowest BCUT2D eigenvalue weighted by molar-refractivity contribution is 0.628. The summed E-state index contributed by atoms with van der Waals surface area (Å²) in [6.07, 6.45) is 0. The smallest absolute Gasteiger partial charge is 0.245 e. The predicted molar refractivity (Wildman–Crippen MR) is 64.3 cm³/mol. The molecule has 0 radical (unpaired) electrons. The molecule has 7 heteroatoms. The van der Waals surface area contributed by atoms with E-state index in [2.05, 4.69) is 15.2 Å². The number of hydrogen-bond acceptors (Lipinski definition) is 4. The van der Waals surface area contributed by atoms with Gasteiger partial charge in [-0.15, -0.1) is 10.2 Å². The molecule has 0 spiro atoms. The molecule has 4 nitrogen and oxygen atoms in total. The van der Waals surface area contributed by atoms with Crippen LogP contribution in [0, 0.1) is 5.82 Å². The largest absolute Gasteiger partial charge is 0.327 e. The Hall–Kier alpha value is -1.46. The Labute approximate surface area is 107 Å². The summed E-state index contributed by atoms with van der Waals surface area (Å²) in [7, 11) is 1.68. The van der Waals surface area contributed by atoms with E-state index in [-0.39, 0.29) is 16.3 Å². The standard InChI is InChI=1S/C10H7Cl2FN4/c1-17(7-4-2-3-6(13)5-7)9-8(11)15-16-10(12)14-9/h2-5H,1H3. The number of aromatic nitrogens is 3. The van der Waals surface area contributed by atoms with E-state index in [1.807, 2.05) is 0 Å². The zero-order valence-corrected chi connectivity index (χ0v) is 10.2. The Kier molecular flexibility index (Phi) is 3.40. The summed E-state index contributed by atoms with van der Waals surface area (Å²) in [6, 6.07) is 6.01. The van der Waals surface area contributed by atoms with Crippen molar-refractivity contribution in [1.29, 1.82) is 0 Å². The van der Waals surface area contributed by atoms with Crippen LogP contribution in [-0.4, -0.2) is 22.2 Å². The molecule has 17 heavy (non-hydrogen) atoms. The van der Waals surface area contributed by atoms with Crippen molar-refractivity contribution in [1.82, 2.24) is 15.2 Å². The third-order valence-electron chi connectivity index (χ3n) is 2.12. The molecule has 0 aliphatic rings. The van der Waals surface area contributed by atoms with Crippen LogP contribution in [0.3, 0.4) is 0 Å². The van der Waals surface area contributed by atoms with Gasteiger partial charge in [0.1, 0.15) is 5.82 Å². The van der Waals surface area contributed by atoms with E-state index in [0.717, 1.165) is 0 Å². The first-order valence-electron chi connectivity index (χ1n) is 4.63. The Morgan fingerprint density at radius 3 is 2.71 bits per heavy atom. The zero-order chi connectivity index (χ0) is 12.4. The van der Waals surface area contributed by atoms with Crippen LogP contribution in [-0.2, 0) is 0 Å². The van der Waals surface area contributed by atoms with E-state index in [4.69, 9.17) is 23.2 Å². The lowest BCUT2D eigenvalue weighted by Gasteiger charge is -2.18. The number of hydrogen-bond donors (Lipinski definition) is 0. The average molecular weight is 273 g/mol. The molecule has 0 fully saturated rings. The van der Waals surface area contributed by atoms with Crippen LogP contribution >= 0.6 is 23.2 Å². The highest BCUT2D eigenvalue weighted by Gasteiger charge is 2.13. The maximum Gasteiger partial charge on any atom is 0.245 e. The molecule has 0 amide bonds. The molecular weight excluding hydrogens is 266 g/mol. The summed E-state index contributed by atoms with van der Waals surface area (Å²) in [6.45, 7) is 0. The lowest BCUT2D eigenvalue weighted by atomic mass is 10.3. The van der Waals surface area contributed by atoms with Gasteiger partial charge in [0, 0.05) is 12.7 Å². The molecule has 0 N–H and O–H groups in total. The highest BCUT2D eigenvalue weighted by molar-refractivity contribution is 6.32. The molecule has 1 aromatic carbocycles. The van der Waals surface area contributed by atoms with E-state index >= 15 is 0 Å². The van der Waals surface area contributed by atoms with Crippen molar-refractivity contribution in [3.05, 3.63) is 40.5 Å². The fraction of sp³-hybridized carbons (Fsp3) is 0.100. The van der Waals surface area contributed by atoms with E-state index in [1.54, 1.807) is 24.1 Å². The lowest BCUT2D eigenvalue weighted by Crippen LogP contribution is -2.13. The van der Waals surface area contributed by atoms with E-state index in [9.17, 15) is 4.39 Å². The number of nitrogens with zero attached hydrogens (tertiary/aromatic N) is 4. The quantitative estimate of drug-likeness (QED) is 0.843. The number of halogens is 3. The molecular formula is C10H7Cl2FN4. The summed E-state index contributed by atoms with van der Waals surface area (Å²) in [4.78, 5) is 5.52. The topological polar surface area (TPSA) is 41.9 Å². The van der Waals surface area contributed by atoms with Crippen LogP contribution in [0.25, 0.3) is 0 Å². The second-order valence-corrected chi connectivity index (χ2v) is 3.93. The van der Waals surface area contributed by atoms with Crippen molar-refractivity contribution in [3.63, 3.8) is 0 Å². The monoisotopic (exact) mass is 272 g/mol. The summed E-state index contributed by atoms with van der Waals surface area (Å²) >= 11 is 11.5. The van der Waals surface area contributed by atoms with Crippen molar-refractivity contribution in [2.45, 2.75) is 0 Å². The second kappa shape index (κ2) is 4.81. The molecule has 0 atom stereocenters. The van der Waals surface area contributed by atoms with Crippen LogP contribution in [0.5, 0.6) is 0 Å². The van der Waals surface area contributed by atoms with E-state index in [0.29, 0.717) is 11.5 Å². The minimum atomic E-state index is -0.349. The molecule has 0 bridgehead atoms. The fourth-order valence-corrected chi connectivity index (χ4v) is 1.63. The molecule has 0 aliphatic heterocycles. The van der Waals surface area contributed by atoms with Crippen molar-refractivity contribution in [3.8, 4) is 0 Å². The minimum Gasteiger partial charge on any atom is -0.327 e. The van der Waals surface area contributed by atoms with Gasteiger partial charge in [0.15, 0.2) is 11.0 Å². The first-order chi connectivity index (χ1) is 8.08. The summed E-state index contributed by atoms with van der Waals surface area (Å²) in [5.74, 6) is -0.0316. The van der Waals surface area contributed by atoms with Gasteiger partial charge in [0.2, 0.25) is 5.28 Å². The normalized spacial score (nSPS) is 10.4. The van der Waals surface area contributed by atoms with Crippen molar-refractivity contribution in [2.24, 2.45) is 0 Å². The van der Waals surface area contributed by atoms with Gasteiger partial charge < -0.3 is 4.90 Å². The van der Waals surface area contributed by atoms with Crippen LogP contribution in [0.2, 0.25) is 10.4 Å². The molecule has 1 heterocycles. The molecule has 2 rings (SSSR count). The number of benzene rings is 1. The van der Waals surface area contributed by atoms with Gasteiger partial charge in [-0.3, -0.25) is 0 Å². The van der Waals surface area contributed by atoms with Gasteiger partial charge in [-0.1, -0.05) is 17.7 Å². The maximum absolute atomic E-state index is 13.1. The molecule has 0 unspecified atom stereocenters. The van der Waals surface area contributed by atoms with Gasteiger partial charge >= 0.3 is 0 Å². The third-order valence-corrected chi connectivity index (χ3v) is 2.52. The molecule has 2 aromatic rings. The van der Waals surface area contributed by atoms with E-state index < -0.39 is 0 Å². The first-order valence-corrected chi connectivity index (χ1v) is 5.38. The summed E-state index contributed by atoms with van der Waals surface area (Å²) in [5.41, 5.74) is 0.587. The van der Waals surface area contributed by atoms with Crippen LogP contribution in [0.15, 0.2) is 24.3 Å². The second-order valence-electron chi connectivity index (χ2n) is 3.23. The predicted octanol–water partition coefficient (Wildman–Crippen LogP) is 3.09. The Morgan fingerprint density at radius 2 is 2.00 bits per heavy atom. The zero-order valence-electron chi connectivity index (χ0n) is 8.73. The van der Waals surface area contributed by atoms with Crippen LogP contribution in [0.1, 0.15) is 0 Å². The van der Waals surface area contributed by atoms with Crippen LogP contribution in [0.4, 0.5) is 15.9 Å². The Bertz CT molecular complexity index is 550. The summed E-state index contributed by atoms with van der Waals surface area (Å²) < 4.78 is 13.1. The van der Waals surface area contributed by atoms with Gasteiger partial charge in [-0.05, 0) is 29.8 Å². The van der Waals surface area contributed by atoms with Crippen molar-refractivity contribution < 1.29 is 4.39 Å². The highest BCUT2D eigenvalue weighted by atomic mass is 35.5. The number of rotatable bonds is 2.